The maximum absolute atomic E-state index is 11.0. The molecule has 0 fully saturated rings. The summed E-state index contributed by atoms with van der Waals surface area (Å²) in [4.78, 5) is 11.0. The van der Waals surface area contributed by atoms with E-state index < -0.39 is 0 Å². The van der Waals surface area contributed by atoms with Gasteiger partial charge in [0.05, 0.1) is 7.11 Å². The van der Waals surface area contributed by atoms with Gasteiger partial charge in [-0.2, -0.15) is 0 Å². The predicted molar refractivity (Wildman–Crippen MR) is 63.4 cm³/mol. The van der Waals surface area contributed by atoms with E-state index in [4.69, 9.17) is 4.74 Å². The molecular formula is C12H19NO2. The van der Waals surface area contributed by atoms with Crippen LogP contribution in [0.15, 0.2) is 18.2 Å². The minimum absolute atomic E-state index is 0. The van der Waals surface area contributed by atoms with Gasteiger partial charge in [-0.25, -0.2) is 0 Å². The highest BCUT2D eigenvalue weighted by Gasteiger charge is 2.14. The minimum Gasteiger partial charge on any atom is -0.497 e. The molecule has 1 aliphatic heterocycles. The van der Waals surface area contributed by atoms with Crippen LogP contribution in [-0.4, -0.2) is 13.0 Å². The normalized spacial score (nSPS) is 13.1. The van der Waals surface area contributed by atoms with Crippen molar-refractivity contribution in [3.05, 3.63) is 23.8 Å². The number of rotatable bonds is 1. The van der Waals surface area contributed by atoms with Crippen LogP contribution in [0.1, 0.15) is 27.3 Å². The first-order valence-electron chi connectivity index (χ1n) is 5.26. The number of methoxy groups -OCH3 is 1. The Morgan fingerprint density at radius 2 is 2.07 bits per heavy atom. The van der Waals surface area contributed by atoms with Crippen molar-refractivity contribution >= 4 is 11.6 Å². The Bertz CT molecular complexity index is 353. The average Bonchev–Trinajstić information content (AvgIpc) is 2.31. The smallest absolute Gasteiger partial charge is 0.224 e. The van der Waals surface area contributed by atoms with E-state index in [0.717, 1.165) is 23.4 Å². The van der Waals surface area contributed by atoms with Crippen LogP contribution in [0.25, 0.3) is 0 Å². The number of benzene rings is 1. The molecule has 0 aromatic heterocycles. The molecule has 0 spiro atoms. The highest BCUT2D eigenvalue weighted by Crippen LogP contribution is 2.26. The van der Waals surface area contributed by atoms with Gasteiger partial charge in [0.25, 0.3) is 0 Å². The quantitative estimate of drug-likeness (QED) is 0.772. The Balaban J connectivity index is 0.000000711. The van der Waals surface area contributed by atoms with Crippen molar-refractivity contribution in [3.8, 4) is 5.75 Å². The van der Waals surface area contributed by atoms with Gasteiger partial charge in [-0.1, -0.05) is 13.8 Å². The number of amides is 1. The fourth-order valence-corrected chi connectivity index (χ4v) is 1.49. The van der Waals surface area contributed by atoms with Crippen LogP contribution in [0.4, 0.5) is 5.69 Å². The van der Waals surface area contributed by atoms with Crippen LogP contribution in [0.5, 0.6) is 5.75 Å². The monoisotopic (exact) mass is 209 g/mol. The molecule has 0 bridgehead atoms. The van der Waals surface area contributed by atoms with Crippen LogP contribution in [0.3, 0.4) is 0 Å². The van der Waals surface area contributed by atoms with E-state index in [9.17, 15) is 4.79 Å². The van der Waals surface area contributed by atoms with Crippen molar-refractivity contribution in [2.24, 2.45) is 0 Å². The van der Waals surface area contributed by atoms with Crippen molar-refractivity contribution in [2.75, 3.05) is 12.4 Å². The number of ether oxygens (including phenoxy) is 1. The first-order chi connectivity index (χ1) is 7.29. The van der Waals surface area contributed by atoms with Crippen LogP contribution < -0.4 is 10.1 Å². The second-order valence-corrected chi connectivity index (χ2v) is 3.07. The van der Waals surface area contributed by atoms with Gasteiger partial charge in [-0.15, -0.1) is 0 Å². The zero-order chi connectivity index (χ0) is 11.3. The molecule has 1 N–H and O–H groups in total. The first kappa shape index (κ1) is 11.6. The molecular weight excluding hydrogens is 190 g/mol. The summed E-state index contributed by atoms with van der Waals surface area (Å²) in [5, 5.41) is 2.82. The number of anilines is 1. The summed E-state index contributed by atoms with van der Waals surface area (Å²) < 4.78 is 5.09. The van der Waals surface area contributed by atoms with E-state index in [1.807, 2.05) is 32.0 Å². The van der Waals surface area contributed by atoms with Crippen molar-refractivity contribution in [1.82, 2.24) is 0 Å². The summed E-state index contributed by atoms with van der Waals surface area (Å²) in [6, 6.07) is 5.70. The lowest BCUT2D eigenvalue weighted by molar-refractivity contribution is -0.116. The van der Waals surface area contributed by atoms with Gasteiger partial charge in [0, 0.05) is 13.5 Å². The topological polar surface area (TPSA) is 38.3 Å². The lowest BCUT2D eigenvalue weighted by Gasteiger charge is -2.16. The lowest BCUT2D eigenvalue weighted by atomic mass is 10.0. The number of aryl methyl sites for hydroxylation is 1. The molecule has 0 aliphatic carbocycles. The summed E-state index contributed by atoms with van der Waals surface area (Å²) in [6.45, 7) is 4.00. The molecule has 3 nitrogen and oxygen atoms in total. The van der Waals surface area contributed by atoms with Crippen LogP contribution >= 0.6 is 0 Å². The Labute approximate surface area is 91.9 Å². The first-order valence-corrected chi connectivity index (χ1v) is 5.26. The number of fused-ring (bicyclic) bond motifs is 1. The van der Waals surface area contributed by atoms with Crippen LogP contribution in [0, 0.1) is 0 Å². The minimum atomic E-state index is 0. The molecule has 1 amide bonds. The van der Waals surface area contributed by atoms with Gasteiger partial charge in [-0.3, -0.25) is 4.79 Å². The van der Waals surface area contributed by atoms with Crippen LogP contribution in [-0.2, 0) is 11.2 Å². The van der Waals surface area contributed by atoms with Gasteiger partial charge in [-0.05, 0) is 30.2 Å². The van der Waals surface area contributed by atoms with Crippen molar-refractivity contribution in [3.63, 3.8) is 0 Å². The van der Waals surface area contributed by atoms with Crippen molar-refractivity contribution < 1.29 is 11.0 Å². The van der Waals surface area contributed by atoms with E-state index in [1.54, 1.807) is 7.11 Å². The molecule has 1 aliphatic rings. The zero-order valence-electron chi connectivity index (χ0n) is 9.46. The fraction of sp³-hybridized carbons (Fsp3) is 0.417. The molecule has 2 rings (SSSR count). The molecule has 1 aromatic carbocycles. The standard InChI is InChI=1S/C10H11NO2.C2H6.H2/c1-13-8-3-4-9-7(6-8)2-5-10(12)11-9;1-2;/h3-4,6H,2,5H2,1H3,(H,11,12);1-2H3;1H. The maximum Gasteiger partial charge on any atom is 0.224 e. The number of carbonyl (C=O) groups excluding carboxylic acids is 1. The van der Waals surface area contributed by atoms with Crippen LogP contribution in [0.2, 0.25) is 0 Å². The summed E-state index contributed by atoms with van der Waals surface area (Å²) in [5.41, 5.74) is 2.07. The van der Waals surface area contributed by atoms with E-state index in [2.05, 4.69) is 5.32 Å². The molecule has 15 heavy (non-hydrogen) atoms. The SMILES string of the molecule is CC.COc1ccc2c(c1)CCC(=O)N2.[HH]. The number of hydrogen-bond donors (Lipinski definition) is 1. The molecule has 1 aromatic rings. The molecule has 0 radical (unpaired) electrons. The third kappa shape index (κ3) is 2.72. The molecule has 3 heteroatoms. The molecule has 0 saturated carbocycles. The van der Waals surface area contributed by atoms with E-state index in [0.29, 0.717) is 6.42 Å². The zero-order valence-corrected chi connectivity index (χ0v) is 9.46. The molecule has 1 heterocycles. The largest absolute Gasteiger partial charge is 0.497 e. The van der Waals surface area contributed by atoms with Crippen molar-refractivity contribution in [2.45, 2.75) is 26.7 Å². The van der Waals surface area contributed by atoms with Gasteiger partial charge in [0.15, 0.2) is 0 Å². The van der Waals surface area contributed by atoms with Gasteiger partial charge >= 0.3 is 0 Å². The molecule has 0 saturated heterocycles. The summed E-state index contributed by atoms with van der Waals surface area (Å²) in [7, 11) is 1.64. The van der Waals surface area contributed by atoms with E-state index in [-0.39, 0.29) is 7.33 Å². The Morgan fingerprint density at radius 1 is 1.33 bits per heavy atom. The number of hydrogen-bond acceptors (Lipinski definition) is 2. The average molecular weight is 209 g/mol. The third-order valence-corrected chi connectivity index (χ3v) is 2.21. The Kier molecular flexibility index (Phi) is 4.16. The van der Waals surface area contributed by atoms with Gasteiger partial charge in [0.1, 0.15) is 5.75 Å². The molecule has 84 valence electrons. The highest BCUT2D eigenvalue weighted by atomic mass is 16.5. The third-order valence-electron chi connectivity index (χ3n) is 2.21. The lowest BCUT2D eigenvalue weighted by Crippen LogP contribution is -2.18. The predicted octanol–water partition coefficient (Wildman–Crippen LogP) is 2.85. The maximum atomic E-state index is 11.0. The molecule has 0 unspecified atom stereocenters. The Hall–Kier alpha value is -1.51. The van der Waals surface area contributed by atoms with E-state index in [1.165, 1.54) is 0 Å². The number of carbonyl (C=O) groups is 1. The summed E-state index contributed by atoms with van der Waals surface area (Å²) >= 11 is 0. The fourth-order valence-electron chi connectivity index (χ4n) is 1.49. The second kappa shape index (κ2) is 5.39. The summed E-state index contributed by atoms with van der Waals surface area (Å²) in [5.74, 6) is 0.938. The molecule has 0 atom stereocenters. The second-order valence-electron chi connectivity index (χ2n) is 3.07. The summed E-state index contributed by atoms with van der Waals surface area (Å²) in [6.07, 6.45) is 1.37. The van der Waals surface area contributed by atoms with E-state index >= 15 is 0 Å². The Morgan fingerprint density at radius 3 is 2.73 bits per heavy atom. The van der Waals surface area contributed by atoms with Crippen molar-refractivity contribution in [1.29, 1.82) is 0 Å². The highest BCUT2D eigenvalue weighted by molar-refractivity contribution is 5.93. The van der Waals surface area contributed by atoms with Gasteiger partial charge in [0.2, 0.25) is 5.91 Å². The van der Waals surface area contributed by atoms with Gasteiger partial charge < -0.3 is 10.1 Å². The number of nitrogens with one attached hydrogen (secondary N) is 1.